The molecular formula is C15H11F3IN3O2. The largest absolute Gasteiger partial charge is 0.573 e. The summed E-state index contributed by atoms with van der Waals surface area (Å²) in [5, 5.41) is 0. The minimum absolute atomic E-state index is 0.142. The number of methoxy groups -OCH3 is 1. The molecule has 24 heavy (non-hydrogen) atoms. The molecule has 3 rings (SSSR count). The number of benzene rings is 1. The zero-order valence-electron chi connectivity index (χ0n) is 12.3. The fourth-order valence-electron chi connectivity index (χ4n) is 2.31. The summed E-state index contributed by atoms with van der Waals surface area (Å²) >= 11 is 2.13. The molecule has 3 aromatic rings. The molecule has 0 bridgehead atoms. The van der Waals surface area contributed by atoms with E-state index in [4.69, 9.17) is 4.74 Å². The van der Waals surface area contributed by atoms with Crippen LogP contribution in [0.1, 0.15) is 5.56 Å². The Labute approximate surface area is 148 Å². The first kappa shape index (κ1) is 17.0. The minimum Gasteiger partial charge on any atom is -0.406 e. The van der Waals surface area contributed by atoms with Gasteiger partial charge in [0.1, 0.15) is 9.45 Å². The fourth-order valence-corrected chi connectivity index (χ4v) is 2.80. The maximum atomic E-state index is 12.4. The molecule has 2 aromatic heterocycles. The van der Waals surface area contributed by atoms with Crippen LogP contribution in [0.15, 0.2) is 36.8 Å². The van der Waals surface area contributed by atoms with Gasteiger partial charge in [-0.1, -0.05) is 6.07 Å². The predicted molar refractivity (Wildman–Crippen MR) is 88.5 cm³/mol. The van der Waals surface area contributed by atoms with Gasteiger partial charge in [0.25, 0.3) is 0 Å². The van der Waals surface area contributed by atoms with Crippen LogP contribution in [0.2, 0.25) is 0 Å². The molecule has 0 fully saturated rings. The Hall–Kier alpha value is -1.88. The first-order valence-corrected chi connectivity index (χ1v) is 7.82. The van der Waals surface area contributed by atoms with Crippen LogP contribution >= 0.6 is 22.6 Å². The van der Waals surface area contributed by atoms with Crippen LogP contribution in [0.25, 0.3) is 16.9 Å². The lowest BCUT2D eigenvalue weighted by Crippen LogP contribution is -2.17. The molecule has 0 aliphatic carbocycles. The molecule has 0 amide bonds. The zero-order chi connectivity index (χ0) is 17.3. The number of hydrogen-bond acceptors (Lipinski definition) is 4. The molecule has 2 heterocycles. The monoisotopic (exact) mass is 449 g/mol. The smallest absolute Gasteiger partial charge is 0.406 e. The van der Waals surface area contributed by atoms with Crippen LogP contribution in [0, 0.1) is 3.70 Å². The van der Waals surface area contributed by atoms with E-state index >= 15 is 0 Å². The summed E-state index contributed by atoms with van der Waals surface area (Å²) in [4.78, 5) is 8.40. The van der Waals surface area contributed by atoms with Gasteiger partial charge >= 0.3 is 6.36 Å². The molecule has 0 aliphatic heterocycles. The topological polar surface area (TPSA) is 48.7 Å². The van der Waals surface area contributed by atoms with E-state index in [0.29, 0.717) is 16.9 Å². The number of alkyl halides is 3. The first-order chi connectivity index (χ1) is 11.4. The van der Waals surface area contributed by atoms with Gasteiger partial charge < -0.3 is 9.47 Å². The Morgan fingerprint density at radius 2 is 1.96 bits per heavy atom. The molecule has 5 nitrogen and oxygen atoms in total. The number of fused-ring (bicyclic) bond motifs is 1. The van der Waals surface area contributed by atoms with Crippen molar-refractivity contribution in [1.82, 2.24) is 14.4 Å². The van der Waals surface area contributed by atoms with Crippen molar-refractivity contribution in [2.45, 2.75) is 13.0 Å². The number of halogens is 4. The third-order valence-corrected chi connectivity index (χ3v) is 4.04. The number of hydrogen-bond donors (Lipinski definition) is 0. The third-order valence-electron chi connectivity index (χ3n) is 3.24. The van der Waals surface area contributed by atoms with E-state index in [-0.39, 0.29) is 12.4 Å². The molecule has 0 spiro atoms. The van der Waals surface area contributed by atoms with E-state index in [0.717, 1.165) is 9.26 Å². The fraction of sp³-hybridized carbons (Fsp3) is 0.200. The van der Waals surface area contributed by atoms with Crippen molar-refractivity contribution < 1.29 is 22.6 Å². The molecule has 126 valence electrons. The van der Waals surface area contributed by atoms with Gasteiger partial charge in [-0.3, -0.25) is 4.40 Å². The molecule has 0 unspecified atom stereocenters. The highest BCUT2D eigenvalue weighted by Gasteiger charge is 2.31. The Morgan fingerprint density at radius 1 is 1.21 bits per heavy atom. The normalized spacial score (nSPS) is 11.9. The van der Waals surface area contributed by atoms with Crippen LogP contribution in [-0.4, -0.2) is 27.8 Å². The lowest BCUT2D eigenvalue weighted by Gasteiger charge is -2.13. The van der Waals surface area contributed by atoms with Crippen LogP contribution in [0.5, 0.6) is 5.75 Å². The highest BCUT2D eigenvalue weighted by atomic mass is 127. The van der Waals surface area contributed by atoms with Crippen molar-refractivity contribution in [3.05, 3.63) is 46.1 Å². The van der Waals surface area contributed by atoms with E-state index in [1.165, 1.54) is 19.2 Å². The minimum atomic E-state index is -4.74. The summed E-state index contributed by atoms with van der Waals surface area (Å²) in [5.74, 6) is 0.262. The average Bonchev–Trinajstić information content (AvgIpc) is 2.87. The maximum absolute atomic E-state index is 12.4. The van der Waals surface area contributed by atoms with E-state index in [9.17, 15) is 13.2 Å². The number of ether oxygens (including phenoxy) is 2. The van der Waals surface area contributed by atoms with Gasteiger partial charge in [-0.05, 0) is 45.9 Å². The Morgan fingerprint density at radius 3 is 2.67 bits per heavy atom. The Balaban J connectivity index is 2.05. The Kier molecular flexibility index (Phi) is 4.63. The lowest BCUT2D eigenvalue weighted by atomic mass is 10.0. The summed E-state index contributed by atoms with van der Waals surface area (Å²) in [5.41, 5.74) is 2.02. The lowest BCUT2D eigenvalue weighted by molar-refractivity contribution is -0.274. The van der Waals surface area contributed by atoms with E-state index in [2.05, 4.69) is 37.3 Å². The van der Waals surface area contributed by atoms with Crippen LogP contribution in [0.3, 0.4) is 0 Å². The van der Waals surface area contributed by atoms with Crippen LogP contribution in [-0.2, 0) is 11.3 Å². The molecule has 9 heteroatoms. The van der Waals surface area contributed by atoms with E-state index in [1.54, 1.807) is 22.9 Å². The van der Waals surface area contributed by atoms with E-state index < -0.39 is 6.36 Å². The standard InChI is InChI=1S/C15H11F3IN3O2/c1-23-8-9-4-11(24-15(16,17)18)2-3-12(9)10-5-20-14-21-6-13(19)22(14)7-10/h2-7H,8H2,1H3. The summed E-state index contributed by atoms with van der Waals surface area (Å²) in [6, 6.07) is 4.14. The maximum Gasteiger partial charge on any atom is 0.573 e. The highest BCUT2D eigenvalue weighted by molar-refractivity contribution is 14.1. The second-order valence-corrected chi connectivity index (χ2v) is 6.00. The van der Waals surface area contributed by atoms with Gasteiger partial charge in [-0.25, -0.2) is 9.97 Å². The average molecular weight is 449 g/mol. The SMILES string of the molecule is COCc1cc(OC(F)(F)F)ccc1-c1cnc2ncc(I)n2c1. The van der Waals surface area contributed by atoms with Crippen molar-refractivity contribution in [2.75, 3.05) is 7.11 Å². The molecular weight excluding hydrogens is 438 g/mol. The van der Waals surface area contributed by atoms with Crippen LogP contribution in [0.4, 0.5) is 13.2 Å². The van der Waals surface area contributed by atoms with Crippen molar-refractivity contribution in [3.63, 3.8) is 0 Å². The molecule has 0 saturated heterocycles. The Bertz CT molecular complexity index is 880. The quantitative estimate of drug-likeness (QED) is 0.565. The van der Waals surface area contributed by atoms with Gasteiger partial charge in [0, 0.05) is 25.1 Å². The second kappa shape index (κ2) is 6.55. The second-order valence-electron chi connectivity index (χ2n) is 4.89. The number of imidazole rings is 1. The summed E-state index contributed by atoms with van der Waals surface area (Å²) < 4.78 is 48.9. The molecule has 0 atom stereocenters. The number of nitrogens with zero attached hydrogens (tertiary/aromatic N) is 3. The van der Waals surface area contributed by atoms with Gasteiger partial charge in [0.15, 0.2) is 0 Å². The zero-order valence-corrected chi connectivity index (χ0v) is 14.5. The van der Waals surface area contributed by atoms with Gasteiger partial charge in [-0.15, -0.1) is 13.2 Å². The first-order valence-electron chi connectivity index (χ1n) is 6.74. The summed E-state index contributed by atoms with van der Waals surface area (Å²) in [7, 11) is 1.47. The highest BCUT2D eigenvalue weighted by Crippen LogP contribution is 2.30. The molecule has 0 aliphatic rings. The van der Waals surface area contributed by atoms with Crippen molar-refractivity contribution in [3.8, 4) is 16.9 Å². The molecule has 0 radical (unpaired) electrons. The summed E-state index contributed by atoms with van der Waals surface area (Å²) in [6.07, 6.45) is 0.398. The van der Waals surface area contributed by atoms with Crippen LogP contribution < -0.4 is 4.74 Å². The predicted octanol–water partition coefficient (Wildman–Crippen LogP) is 4.05. The number of rotatable bonds is 4. The van der Waals surface area contributed by atoms with Gasteiger partial charge in [0.2, 0.25) is 5.78 Å². The summed E-state index contributed by atoms with van der Waals surface area (Å²) in [6.45, 7) is 0.142. The third kappa shape index (κ3) is 3.61. The van der Waals surface area contributed by atoms with Crippen molar-refractivity contribution in [1.29, 1.82) is 0 Å². The molecule has 0 saturated carbocycles. The molecule has 1 aromatic carbocycles. The van der Waals surface area contributed by atoms with Crippen molar-refractivity contribution >= 4 is 28.4 Å². The van der Waals surface area contributed by atoms with Crippen molar-refractivity contribution in [2.24, 2.45) is 0 Å². The molecule has 0 N–H and O–H groups in total. The number of aromatic nitrogens is 3. The van der Waals surface area contributed by atoms with Gasteiger partial charge in [-0.2, -0.15) is 0 Å². The van der Waals surface area contributed by atoms with Gasteiger partial charge in [0.05, 0.1) is 12.8 Å². The van der Waals surface area contributed by atoms with E-state index in [1.807, 2.05) is 6.20 Å².